The lowest BCUT2D eigenvalue weighted by Gasteiger charge is -2.39. The topological polar surface area (TPSA) is 120 Å². The number of Topliss-reactive ketones (excluding diaryl/α,β-unsaturated/α-hetero) is 1. The van der Waals surface area contributed by atoms with Gasteiger partial charge in [0.2, 0.25) is 0 Å². The summed E-state index contributed by atoms with van der Waals surface area (Å²) in [5, 5.41) is 14.1. The zero-order valence-corrected chi connectivity index (χ0v) is 27.2. The minimum absolute atomic E-state index is 0.000196. The molecule has 11 heteroatoms. The van der Waals surface area contributed by atoms with Crippen LogP contribution in [0.5, 0.6) is 5.75 Å². The van der Waals surface area contributed by atoms with Gasteiger partial charge >= 0.3 is 11.9 Å². The predicted octanol–water partition coefficient (Wildman–Crippen LogP) is 7.30. The van der Waals surface area contributed by atoms with Crippen molar-refractivity contribution < 1.29 is 38.7 Å². The van der Waals surface area contributed by atoms with Crippen LogP contribution < -0.4 is 5.32 Å². The van der Waals surface area contributed by atoms with Crippen molar-refractivity contribution in [1.82, 2.24) is 0 Å². The molecule has 1 heterocycles. The Morgan fingerprint density at radius 2 is 1.70 bits per heavy atom. The number of carbonyl (C=O) groups excluding carboxylic acids is 3. The Morgan fingerprint density at radius 3 is 2.37 bits per heavy atom. The quantitative estimate of drug-likeness (QED) is 0.206. The van der Waals surface area contributed by atoms with Crippen LogP contribution in [0.4, 0.5) is 5.69 Å². The van der Waals surface area contributed by atoms with Gasteiger partial charge in [-0.25, -0.2) is 19.4 Å². The number of ether oxygens (including phenoxy) is 2. The summed E-state index contributed by atoms with van der Waals surface area (Å²) in [4.78, 5) is 50.4. The van der Waals surface area contributed by atoms with E-state index in [4.69, 9.17) is 42.5 Å². The first-order valence-corrected chi connectivity index (χ1v) is 16.0. The van der Waals surface area contributed by atoms with Crippen LogP contribution in [0, 0.1) is 11.3 Å². The molecule has 2 fully saturated rings. The van der Waals surface area contributed by atoms with E-state index < -0.39 is 30.1 Å². The van der Waals surface area contributed by atoms with E-state index in [0.717, 1.165) is 31.2 Å². The molecule has 0 spiro atoms. The number of nitrogens with one attached hydrogen (secondary N) is 1. The zero-order valence-electron chi connectivity index (χ0n) is 25.7. The number of phenols is 1. The van der Waals surface area contributed by atoms with Gasteiger partial charge in [0.05, 0.1) is 22.8 Å². The molecule has 3 aliphatic rings. The molecule has 2 aliphatic carbocycles. The maximum absolute atomic E-state index is 13.5. The van der Waals surface area contributed by atoms with Gasteiger partial charge < -0.3 is 19.9 Å². The van der Waals surface area contributed by atoms with E-state index in [9.17, 15) is 19.5 Å². The van der Waals surface area contributed by atoms with Gasteiger partial charge in [-0.2, -0.15) is 0 Å². The number of aromatic hydroxyl groups is 1. The number of fused-ring (bicyclic) bond motifs is 4. The van der Waals surface area contributed by atoms with Crippen molar-refractivity contribution in [3.05, 3.63) is 92.5 Å². The highest BCUT2D eigenvalue weighted by Gasteiger charge is 2.60. The Morgan fingerprint density at radius 1 is 1.00 bits per heavy atom. The Balaban J connectivity index is 1.22. The average Bonchev–Trinajstić information content (AvgIpc) is 3.46. The first kappa shape index (κ1) is 32.3. The molecule has 2 N–H and O–H groups in total. The second-order valence-corrected chi connectivity index (χ2v) is 13.6. The monoisotopic (exact) mass is 667 g/mol. The molecule has 0 saturated heterocycles. The van der Waals surface area contributed by atoms with Crippen LogP contribution in [-0.2, 0) is 31.1 Å². The Kier molecular flexibility index (Phi) is 8.80. The van der Waals surface area contributed by atoms with Gasteiger partial charge in [0.15, 0.2) is 5.78 Å². The fourth-order valence-electron chi connectivity index (χ4n) is 7.68. The summed E-state index contributed by atoms with van der Waals surface area (Å²) in [6.07, 6.45) is 2.54. The van der Waals surface area contributed by atoms with Gasteiger partial charge in [0.1, 0.15) is 18.1 Å². The lowest BCUT2D eigenvalue weighted by atomic mass is 9.64. The highest BCUT2D eigenvalue weighted by molar-refractivity contribution is 6.35. The van der Waals surface area contributed by atoms with E-state index in [1.54, 1.807) is 24.3 Å². The molecule has 242 valence electrons. The number of anilines is 1. The molecule has 2 unspecified atom stereocenters. The molecule has 3 aromatic rings. The van der Waals surface area contributed by atoms with Gasteiger partial charge in [0, 0.05) is 40.8 Å². The molecule has 3 aromatic carbocycles. The van der Waals surface area contributed by atoms with Gasteiger partial charge in [-0.3, -0.25) is 4.79 Å². The molecule has 2 saturated carbocycles. The summed E-state index contributed by atoms with van der Waals surface area (Å²) >= 11 is 12.2. The molecule has 1 aliphatic heterocycles. The van der Waals surface area contributed by atoms with Crippen LogP contribution >= 0.6 is 23.2 Å². The summed E-state index contributed by atoms with van der Waals surface area (Å²) in [5.74, 6) is -1.85. The van der Waals surface area contributed by atoms with Crippen molar-refractivity contribution >= 4 is 46.6 Å². The highest BCUT2D eigenvalue weighted by atomic mass is 35.5. The van der Waals surface area contributed by atoms with Crippen molar-refractivity contribution in [1.29, 1.82) is 0 Å². The van der Waals surface area contributed by atoms with E-state index in [-0.39, 0.29) is 45.8 Å². The molecule has 46 heavy (non-hydrogen) atoms. The number of hydrogen-bond acceptors (Lipinski definition) is 9. The number of benzene rings is 3. The van der Waals surface area contributed by atoms with Gasteiger partial charge in [-0.1, -0.05) is 55.2 Å². The molecule has 0 radical (unpaired) electrons. The second kappa shape index (κ2) is 12.5. The van der Waals surface area contributed by atoms with Crippen LogP contribution in [0.3, 0.4) is 0 Å². The zero-order chi connectivity index (χ0) is 32.8. The van der Waals surface area contributed by atoms with Crippen LogP contribution in [0.1, 0.15) is 81.7 Å². The number of halogens is 2. The third-order valence-corrected chi connectivity index (χ3v) is 10.8. The SMILES string of the molecule is COC1COC(Cc2cc(Cl)cc(Cl)c2O)Nc2ccc(C(=O)OOC(=O)c3ccccc3C34CCC(CC3)C4(C)C)c(c2)C1=O. The first-order valence-electron chi connectivity index (χ1n) is 15.2. The van der Waals surface area contributed by atoms with Crippen molar-refractivity contribution in [3.8, 4) is 5.75 Å². The summed E-state index contributed by atoms with van der Waals surface area (Å²) in [6, 6.07) is 14.8. The fourth-order valence-corrected chi connectivity index (χ4v) is 8.22. The summed E-state index contributed by atoms with van der Waals surface area (Å²) in [6.45, 7) is 4.37. The molecular weight excluding hydrogens is 633 g/mol. The standard InChI is InChI=1S/C35H35Cl2NO8/c1-34(2)20-10-12-35(34,13-11-20)26-7-5-4-6-24(26)33(42)46-45-32(41)23-9-8-22-17-25(23)31(40)28(43-3)18-44-29(38-22)15-19-14-21(36)16-27(37)30(19)39/h4-9,14,16-17,20,28-29,38-39H,10-13,15,18H2,1-3H3. The van der Waals surface area contributed by atoms with E-state index in [0.29, 0.717) is 27.8 Å². The highest BCUT2D eigenvalue weighted by Crippen LogP contribution is 2.66. The first-order chi connectivity index (χ1) is 21.9. The van der Waals surface area contributed by atoms with E-state index in [1.807, 2.05) is 12.1 Å². The summed E-state index contributed by atoms with van der Waals surface area (Å²) in [7, 11) is 1.35. The lowest BCUT2D eigenvalue weighted by molar-refractivity contribution is -0.187. The van der Waals surface area contributed by atoms with Crippen molar-refractivity contribution in [2.45, 2.75) is 63.7 Å². The third kappa shape index (κ3) is 5.64. The van der Waals surface area contributed by atoms with Gasteiger partial charge in [0.25, 0.3) is 0 Å². The third-order valence-electron chi connectivity index (χ3n) is 10.3. The number of hydrogen-bond donors (Lipinski definition) is 2. The molecule has 6 rings (SSSR count). The van der Waals surface area contributed by atoms with Crippen LogP contribution in [-0.4, -0.2) is 48.9 Å². The maximum atomic E-state index is 13.5. The molecule has 0 amide bonds. The predicted molar refractivity (Wildman–Crippen MR) is 171 cm³/mol. The molecule has 2 atom stereocenters. The van der Waals surface area contributed by atoms with Crippen LogP contribution in [0.15, 0.2) is 54.6 Å². The van der Waals surface area contributed by atoms with Crippen LogP contribution in [0.2, 0.25) is 10.0 Å². The van der Waals surface area contributed by atoms with E-state index in [2.05, 4.69) is 19.2 Å². The Bertz CT molecular complexity index is 1700. The number of carbonyl (C=O) groups is 3. The number of methoxy groups -OCH3 is 1. The summed E-state index contributed by atoms with van der Waals surface area (Å²) in [5.41, 5.74) is 1.93. The molecule has 0 aromatic heterocycles. The molecular formula is C35H35Cl2NO8. The Labute approximate surface area is 277 Å². The minimum atomic E-state index is -1.07. The number of phenolic OH excluding ortho intramolecular Hbond substituents is 1. The van der Waals surface area contributed by atoms with Gasteiger partial charge in [-0.05, 0) is 79.0 Å². The maximum Gasteiger partial charge on any atom is 0.387 e. The molecule has 4 bridgehead atoms. The Hall–Kier alpha value is -3.63. The number of rotatable bonds is 6. The van der Waals surface area contributed by atoms with E-state index in [1.165, 1.54) is 25.3 Å². The van der Waals surface area contributed by atoms with Gasteiger partial charge in [-0.15, -0.1) is 0 Å². The second-order valence-electron chi connectivity index (χ2n) is 12.8. The fraction of sp³-hybridized carbons (Fsp3) is 0.400. The normalized spacial score (nSPS) is 24.8. The lowest BCUT2D eigenvalue weighted by Crippen LogP contribution is -2.36. The average molecular weight is 669 g/mol. The van der Waals surface area contributed by atoms with Crippen molar-refractivity contribution in [2.24, 2.45) is 11.3 Å². The summed E-state index contributed by atoms with van der Waals surface area (Å²) < 4.78 is 11.4. The smallest absolute Gasteiger partial charge is 0.387 e. The molecule has 9 nitrogen and oxygen atoms in total. The van der Waals surface area contributed by atoms with E-state index >= 15 is 0 Å². The van der Waals surface area contributed by atoms with Crippen LogP contribution in [0.25, 0.3) is 0 Å². The minimum Gasteiger partial charge on any atom is -0.506 e. The van der Waals surface area contributed by atoms with Crippen molar-refractivity contribution in [2.75, 3.05) is 19.0 Å². The largest absolute Gasteiger partial charge is 0.506 e. The number of ketones is 1. The van der Waals surface area contributed by atoms with Crippen molar-refractivity contribution in [3.63, 3.8) is 0 Å².